The van der Waals surface area contributed by atoms with Gasteiger partial charge in [-0.3, -0.25) is 14.6 Å². The quantitative estimate of drug-likeness (QED) is 0.546. The Morgan fingerprint density at radius 2 is 1.58 bits per heavy atom. The molecule has 1 aliphatic heterocycles. The second-order valence-corrected chi connectivity index (χ2v) is 7.20. The molecule has 0 atom stereocenters. The second kappa shape index (κ2) is 8.92. The summed E-state index contributed by atoms with van der Waals surface area (Å²) in [5.74, 6) is -1.17. The van der Waals surface area contributed by atoms with Gasteiger partial charge < -0.3 is 4.90 Å². The van der Waals surface area contributed by atoms with Crippen LogP contribution in [0.15, 0.2) is 84.8 Å². The van der Waals surface area contributed by atoms with Gasteiger partial charge in [-0.05, 0) is 60.9 Å². The Balaban J connectivity index is 1.75. The fraction of sp³-hybridized carbons (Fsp3) is 0.160. The summed E-state index contributed by atoms with van der Waals surface area (Å²) in [5, 5.41) is 0. The molecule has 6 heteroatoms. The standard InChI is InChI=1S/C25H22FN3O2/c1-2-28(17-14-18-12-15-27-16-13-18)23-22(19-8-10-20(26)11-9-19)24(30)29(25(23)31)21-6-4-3-5-7-21/h3-13,15-16H,2,14,17H2,1H3. The Morgan fingerprint density at radius 1 is 0.903 bits per heavy atom. The van der Waals surface area contributed by atoms with Crippen molar-refractivity contribution >= 4 is 23.1 Å². The molecule has 2 aromatic carbocycles. The lowest BCUT2D eigenvalue weighted by Gasteiger charge is -2.25. The summed E-state index contributed by atoms with van der Waals surface area (Å²) >= 11 is 0. The second-order valence-electron chi connectivity index (χ2n) is 7.20. The number of pyridine rings is 1. The van der Waals surface area contributed by atoms with Crippen LogP contribution in [0.3, 0.4) is 0 Å². The summed E-state index contributed by atoms with van der Waals surface area (Å²) in [6.07, 6.45) is 4.16. The first kappa shape index (κ1) is 20.5. The lowest BCUT2D eigenvalue weighted by Crippen LogP contribution is -2.36. The zero-order chi connectivity index (χ0) is 21.8. The van der Waals surface area contributed by atoms with E-state index in [1.165, 1.54) is 17.0 Å². The molecule has 4 rings (SSSR count). The van der Waals surface area contributed by atoms with Crippen molar-refractivity contribution in [1.29, 1.82) is 0 Å². The van der Waals surface area contributed by atoms with E-state index in [1.807, 2.05) is 30.0 Å². The molecule has 156 valence electrons. The van der Waals surface area contributed by atoms with E-state index in [0.29, 0.717) is 42.0 Å². The predicted molar refractivity (Wildman–Crippen MR) is 117 cm³/mol. The molecule has 5 nitrogen and oxygen atoms in total. The van der Waals surface area contributed by atoms with Crippen LogP contribution in [0.25, 0.3) is 5.57 Å². The number of hydrogen-bond donors (Lipinski definition) is 0. The molecule has 0 spiro atoms. The molecule has 0 unspecified atom stereocenters. The zero-order valence-electron chi connectivity index (χ0n) is 17.2. The third-order valence-electron chi connectivity index (χ3n) is 5.32. The highest BCUT2D eigenvalue weighted by Gasteiger charge is 2.42. The summed E-state index contributed by atoms with van der Waals surface area (Å²) in [7, 11) is 0. The minimum Gasteiger partial charge on any atom is -0.366 e. The average molecular weight is 415 g/mol. The Bertz CT molecular complexity index is 1110. The molecule has 3 aromatic rings. The number of aromatic nitrogens is 1. The van der Waals surface area contributed by atoms with Gasteiger partial charge in [0.05, 0.1) is 11.3 Å². The predicted octanol–water partition coefficient (Wildman–Crippen LogP) is 4.07. The van der Waals surface area contributed by atoms with Crippen LogP contribution >= 0.6 is 0 Å². The number of hydrogen-bond acceptors (Lipinski definition) is 4. The number of nitrogens with zero attached hydrogens (tertiary/aromatic N) is 3. The maximum atomic E-state index is 13.5. The van der Waals surface area contributed by atoms with Crippen LogP contribution in [0.2, 0.25) is 0 Å². The number of benzene rings is 2. The molecule has 0 aliphatic carbocycles. The summed E-state index contributed by atoms with van der Waals surface area (Å²) in [6, 6.07) is 18.4. The monoisotopic (exact) mass is 415 g/mol. The van der Waals surface area contributed by atoms with E-state index in [1.54, 1.807) is 48.8 Å². The molecule has 0 saturated carbocycles. The molecule has 2 heterocycles. The summed E-state index contributed by atoms with van der Waals surface area (Å²) in [6.45, 7) is 3.06. The van der Waals surface area contributed by atoms with Crippen LogP contribution in [0.4, 0.5) is 10.1 Å². The van der Waals surface area contributed by atoms with Gasteiger partial charge in [-0.25, -0.2) is 9.29 Å². The zero-order valence-corrected chi connectivity index (χ0v) is 17.2. The van der Waals surface area contributed by atoms with Crippen molar-refractivity contribution in [2.45, 2.75) is 13.3 Å². The van der Waals surface area contributed by atoms with Gasteiger partial charge in [0.1, 0.15) is 11.5 Å². The molecule has 1 aliphatic rings. The molecular weight excluding hydrogens is 393 g/mol. The minimum absolute atomic E-state index is 0.297. The van der Waals surface area contributed by atoms with Gasteiger partial charge in [-0.2, -0.15) is 0 Å². The number of halogens is 1. The van der Waals surface area contributed by atoms with Crippen LogP contribution in [-0.4, -0.2) is 34.8 Å². The van der Waals surface area contributed by atoms with Crippen molar-refractivity contribution in [2.24, 2.45) is 0 Å². The Labute approximate surface area is 180 Å². The fourth-order valence-corrected chi connectivity index (χ4v) is 3.74. The lowest BCUT2D eigenvalue weighted by atomic mass is 10.0. The maximum Gasteiger partial charge on any atom is 0.282 e. The van der Waals surface area contributed by atoms with E-state index in [2.05, 4.69) is 4.98 Å². The van der Waals surface area contributed by atoms with Gasteiger partial charge in [0, 0.05) is 25.5 Å². The van der Waals surface area contributed by atoms with Gasteiger partial charge >= 0.3 is 0 Å². The molecule has 0 radical (unpaired) electrons. The molecule has 0 fully saturated rings. The molecular formula is C25H22FN3O2. The van der Waals surface area contributed by atoms with Crippen molar-refractivity contribution in [1.82, 2.24) is 9.88 Å². The number of imide groups is 1. The fourth-order valence-electron chi connectivity index (χ4n) is 3.74. The van der Waals surface area contributed by atoms with Crippen molar-refractivity contribution in [3.63, 3.8) is 0 Å². The van der Waals surface area contributed by atoms with Crippen molar-refractivity contribution in [3.8, 4) is 0 Å². The lowest BCUT2D eigenvalue weighted by molar-refractivity contribution is -0.120. The molecule has 31 heavy (non-hydrogen) atoms. The number of likely N-dealkylation sites (N-methyl/N-ethyl adjacent to an activating group) is 1. The van der Waals surface area contributed by atoms with E-state index < -0.39 is 11.7 Å². The van der Waals surface area contributed by atoms with E-state index in [-0.39, 0.29) is 5.91 Å². The number of rotatable bonds is 7. The Hall–Kier alpha value is -3.80. The van der Waals surface area contributed by atoms with E-state index in [9.17, 15) is 14.0 Å². The van der Waals surface area contributed by atoms with Crippen LogP contribution in [0.5, 0.6) is 0 Å². The summed E-state index contributed by atoms with van der Waals surface area (Å²) < 4.78 is 13.5. The number of carbonyl (C=O) groups excluding carboxylic acids is 2. The summed E-state index contributed by atoms with van der Waals surface area (Å²) in [4.78, 5) is 34.1. The first-order valence-corrected chi connectivity index (χ1v) is 10.2. The first-order chi connectivity index (χ1) is 15.1. The minimum atomic E-state index is -0.403. The van der Waals surface area contributed by atoms with Gasteiger partial charge in [-0.1, -0.05) is 30.3 Å². The number of amides is 2. The third kappa shape index (κ3) is 4.10. The Morgan fingerprint density at radius 3 is 2.23 bits per heavy atom. The largest absolute Gasteiger partial charge is 0.366 e. The van der Waals surface area contributed by atoms with Crippen molar-refractivity contribution in [2.75, 3.05) is 18.0 Å². The van der Waals surface area contributed by atoms with Crippen LogP contribution in [0.1, 0.15) is 18.1 Å². The van der Waals surface area contributed by atoms with Crippen LogP contribution in [-0.2, 0) is 16.0 Å². The molecule has 0 N–H and O–H groups in total. The highest BCUT2D eigenvalue weighted by Crippen LogP contribution is 2.34. The van der Waals surface area contributed by atoms with Gasteiger partial charge in [0.2, 0.25) is 0 Å². The van der Waals surface area contributed by atoms with Crippen molar-refractivity contribution in [3.05, 3.63) is 102 Å². The normalized spacial score (nSPS) is 13.8. The van der Waals surface area contributed by atoms with Crippen molar-refractivity contribution < 1.29 is 14.0 Å². The van der Waals surface area contributed by atoms with Gasteiger partial charge in [-0.15, -0.1) is 0 Å². The smallest absolute Gasteiger partial charge is 0.282 e. The average Bonchev–Trinajstić information content (AvgIpc) is 3.06. The highest BCUT2D eigenvalue weighted by atomic mass is 19.1. The van der Waals surface area contributed by atoms with E-state index in [0.717, 1.165) is 5.56 Å². The first-order valence-electron chi connectivity index (χ1n) is 10.2. The van der Waals surface area contributed by atoms with Gasteiger partial charge in [0.25, 0.3) is 11.8 Å². The Kier molecular flexibility index (Phi) is 5.89. The van der Waals surface area contributed by atoms with E-state index in [4.69, 9.17) is 0 Å². The number of carbonyl (C=O) groups is 2. The van der Waals surface area contributed by atoms with Crippen LogP contribution in [0, 0.1) is 5.82 Å². The third-order valence-corrected chi connectivity index (χ3v) is 5.32. The molecule has 0 saturated heterocycles. The number of para-hydroxylation sites is 1. The van der Waals surface area contributed by atoms with Crippen LogP contribution < -0.4 is 4.90 Å². The summed E-state index contributed by atoms with van der Waals surface area (Å²) in [5.41, 5.74) is 2.77. The maximum absolute atomic E-state index is 13.5. The number of anilines is 1. The highest BCUT2D eigenvalue weighted by molar-refractivity contribution is 6.45. The SMILES string of the molecule is CCN(CCc1ccncc1)C1=C(c2ccc(F)cc2)C(=O)N(c2ccccc2)C1=O. The topological polar surface area (TPSA) is 53.5 Å². The van der Waals surface area contributed by atoms with Gasteiger partial charge in [0.15, 0.2) is 0 Å². The molecule has 2 amide bonds. The van der Waals surface area contributed by atoms with E-state index >= 15 is 0 Å². The molecule has 1 aromatic heterocycles. The molecule has 0 bridgehead atoms.